The highest BCUT2D eigenvalue weighted by Crippen LogP contribution is 2.29. The maximum atomic E-state index is 10.5. The number of nitrogens with one attached hydrogen (secondary N) is 2. The number of benzene rings is 1. The summed E-state index contributed by atoms with van der Waals surface area (Å²) in [6.07, 6.45) is 12.1. The molecule has 0 spiro atoms. The van der Waals surface area contributed by atoms with Crippen LogP contribution in [0.3, 0.4) is 0 Å². The van der Waals surface area contributed by atoms with E-state index in [0.717, 1.165) is 60.7 Å². The molecular weight excluding hydrogens is 496 g/mol. The standard InChI is InChI=1S/C33H42N6O/c1-33(2,40)27-9-5-8-25(19-27)26-15-17-36-32(20-26)38-31-11-4-3-10-30(31)35-16-14-24-7-6-18-39(23-24)29-13-12-28(21-34)37-22-29/h5,8-9,12-13,15,17,19-20,22,24,30-31,35,40H,3-4,6-7,10-11,14,16,18,23H2,1-2H3,(H,36,38). The maximum absolute atomic E-state index is 10.5. The molecule has 1 aliphatic heterocycles. The van der Waals surface area contributed by atoms with Crippen LogP contribution in [0.2, 0.25) is 0 Å². The average Bonchev–Trinajstić information content (AvgIpc) is 2.98. The maximum Gasteiger partial charge on any atom is 0.140 e. The second-order valence-electron chi connectivity index (χ2n) is 11.9. The minimum Gasteiger partial charge on any atom is -0.386 e. The Hall–Kier alpha value is -3.47. The Bertz CT molecular complexity index is 1300. The van der Waals surface area contributed by atoms with Gasteiger partial charge in [-0.15, -0.1) is 0 Å². The van der Waals surface area contributed by atoms with Crippen molar-refractivity contribution in [2.24, 2.45) is 5.92 Å². The summed E-state index contributed by atoms with van der Waals surface area (Å²) in [5.74, 6) is 1.56. The van der Waals surface area contributed by atoms with E-state index in [1.165, 1.54) is 32.1 Å². The van der Waals surface area contributed by atoms with E-state index in [2.05, 4.69) is 49.8 Å². The summed E-state index contributed by atoms with van der Waals surface area (Å²) in [7, 11) is 0. The number of piperidine rings is 1. The number of hydrogen-bond acceptors (Lipinski definition) is 7. The van der Waals surface area contributed by atoms with Gasteiger partial charge in [-0.25, -0.2) is 9.97 Å². The highest BCUT2D eigenvalue weighted by molar-refractivity contribution is 5.67. The highest BCUT2D eigenvalue weighted by Gasteiger charge is 2.26. The number of pyridine rings is 2. The van der Waals surface area contributed by atoms with Crippen LogP contribution in [0.15, 0.2) is 60.9 Å². The zero-order valence-corrected chi connectivity index (χ0v) is 23.8. The van der Waals surface area contributed by atoms with Gasteiger partial charge in [-0.1, -0.05) is 31.0 Å². The fraction of sp³-hybridized carbons (Fsp3) is 0.485. The molecule has 1 saturated heterocycles. The lowest BCUT2D eigenvalue weighted by atomic mass is 9.89. The van der Waals surface area contributed by atoms with Crippen molar-refractivity contribution in [3.8, 4) is 17.2 Å². The van der Waals surface area contributed by atoms with E-state index in [1.807, 2.05) is 56.6 Å². The van der Waals surface area contributed by atoms with Crippen molar-refractivity contribution in [2.45, 2.75) is 76.5 Å². The van der Waals surface area contributed by atoms with Gasteiger partial charge in [0.2, 0.25) is 0 Å². The first-order valence-corrected chi connectivity index (χ1v) is 14.8. The van der Waals surface area contributed by atoms with Crippen LogP contribution >= 0.6 is 0 Å². The van der Waals surface area contributed by atoms with Gasteiger partial charge in [0.05, 0.1) is 17.5 Å². The molecule has 1 aliphatic carbocycles. The summed E-state index contributed by atoms with van der Waals surface area (Å²) in [4.78, 5) is 11.3. The summed E-state index contributed by atoms with van der Waals surface area (Å²) in [6, 6.07) is 19.0. The van der Waals surface area contributed by atoms with E-state index < -0.39 is 5.60 Å². The molecule has 0 radical (unpaired) electrons. The van der Waals surface area contributed by atoms with E-state index in [9.17, 15) is 5.11 Å². The quantitative estimate of drug-likeness (QED) is 0.314. The van der Waals surface area contributed by atoms with Gasteiger partial charge in [0, 0.05) is 31.4 Å². The molecule has 3 heterocycles. The molecule has 3 N–H and O–H groups in total. The van der Waals surface area contributed by atoms with E-state index >= 15 is 0 Å². The minimum absolute atomic E-state index is 0.354. The number of anilines is 2. The first-order chi connectivity index (χ1) is 19.4. The van der Waals surface area contributed by atoms with Gasteiger partial charge in [0.25, 0.3) is 0 Å². The second-order valence-corrected chi connectivity index (χ2v) is 11.9. The lowest BCUT2D eigenvalue weighted by Crippen LogP contribution is -2.47. The second kappa shape index (κ2) is 12.8. The molecule has 3 unspecified atom stereocenters. The molecule has 210 valence electrons. The zero-order valence-electron chi connectivity index (χ0n) is 23.8. The van der Waals surface area contributed by atoms with Crippen molar-refractivity contribution in [3.63, 3.8) is 0 Å². The summed E-state index contributed by atoms with van der Waals surface area (Å²) < 4.78 is 0. The summed E-state index contributed by atoms with van der Waals surface area (Å²) in [5.41, 5.74) is 3.81. The van der Waals surface area contributed by atoms with Gasteiger partial charge in [-0.3, -0.25) is 0 Å². The summed E-state index contributed by atoms with van der Waals surface area (Å²) >= 11 is 0. The number of rotatable bonds is 9. The third kappa shape index (κ3) is 7.18. The molecule has 2 fully saturated rings. The van der Waals surface area contributed by atoms with Crippen LogP contribution in [0, 0.1) is 17.2 Å². The SMILES string of the molecule is CC(C)(O)c1cccc(-c2ccnc(NC3CCCCC3NCCC3CCCN(c4ccc(C#N)nc4)C3)c2)c1. The normalized spacial score (nSPS) is 21.6. The fourth-order valence-electron chi connectivity index (χ4n) is 6.15. The van der Waals surface area contributed by atoms with Crippen LogP contribution < -0.4 is 15.5 Å². The molecule has 0 bridgehead atoms. The number of aromatic nitrogens is 2. The topological polar surface area (TPSA) is 97.1 Å². The predicted molar refractivity (Wildman–Crippen MR) is 161 cm³/mol. The smallest absolute Gasteiger partial charge is 0.140 e. The zero-order chi connectivity index (χ0) is 28.0. The van der Waals surface area contributed by atoms with Crippen LogP contribution in [0.25, 0.3) is 11.1 Å². The number of aliphatic hydroxyl groups is 1. The Kier molecular flexibility index (Phi) is 8.98. The van der Waals surface area contributed by atoms with E-state index in [1.54, 1.807) is 0 Å². The van der Waals surface area contributed by atoms with Crippen molar-refractivity contribution < 1.29 is 5.11 Å². The van der Waals surface area contributed by atoms with Crippen LogP contribution in [0.5, 0.6) is 0 Å². The Labute approximate surface area is 238 Å². The minimum atomic E-state index is -0.873. The number of hydrogen-bond donors (Lipinski definition) is 3. The van der Waals surface area contributed by atoms with Crippen LogP contribution in [-0.4, -0.2) is 46.8 Å². The molecule has 2 aliphatic rings. The molecule has 7 nitrogen and oxygen atoms in total. The van der Waals surface area contributed by atoms with Crippen LogP contribution in [0.1, 0.15) is 70.1 Å². The van der Waals surface area contributed by atoms with E-state index in [4.69, 9.17) is 5.26 Å². The molecule has 1 saturated carbocycles. The lowest BCUT2D eigenvalue weighted by molar-refractivity contribution is 0.0786. The van der Waals surface area contributed by atoms with Crippen molar-refractivity contribution in [1.82, 2.24) is 15.3 Å². The molecule has 40 heavy (non-hydrogen) atoms. The van der Waals surface area contributed by atoms with Crippen molar-refractivity contribution >= 4 is 11.5 Å². The molecule has 3 aromatic rings. The molecule has 5 rings (SSSR count). The molecule has 3 atom stereocenters. The number of nitrogens with zero attached hydrogens (tertiary/aromatic N) is 4. The third-order valence-electron chi connectivity index (χ3n) is 8.47. The van der Waals surface area contributed by atoms with Gasteiger partial charge in [0.1, 0.15) is 17.6 Å². The summed E-state index contributed by atoms with van der Waals surface area (Å²) in [5, 5.41) is 27.1. The average molecular weight is 539 g/mol. The summed E-state index contributed by atoms with van der Waals surface area (Å²) in [6.45, 7) is 6.76. The molecule has 0 amide bonds. The van der Waals surface area contributed by atoms with Crippen molar-refractivity contribution in [2.75, 3.05) is 29.9 Å². The first-order valence-electron chi connectivity index (χ1n) is 14.8. The molecule has 2 aromatic heterocycles. The van der Waals surface area contributed by atoms with E-state index in [0.29, 0.717) is 23.7 Å². The molecule has 1 aromatic carbocycles. The van der Waals surface area contributed by atoms with Gasteiger partial charge < -0.3 is 20.6 Å². The monoisotopic (exact) mass is 538 g/mol. The lowest BCUT2D eigenvalue weighted by Gasteiger charge is -2.36. The van der Waals surface area contributed by atoms with Crippen LogP contribution in [-0.2, 0) is 5.60 Å². The molecule has 7 heteroatoms. The first kappa shape index (κ1) is 28.1. The Morgan fingerprint density at radius 3 is 2.60 bits per heavy atom. The van der Waals surface area contributed by atoms with Crippen molar-refractivity contribution in [1.29, 1.82) is 5.26 Å². The Morgan fingerprint density at radius 2 is 1.82 bits per heavy atom. The molecular formula is C33H42N6O. The fourth-order valence-corrected chi connectivity index (χ4v) is 6.15. The Morgan fingerprint density at radius 1 is 1.00 bits per heavy atom. The third-order valence-corrected chi connectivity index (χ3v) is 8.47. The van der Waals surface area contributed by atoms with Crippen molar-refractivity contribution in [3.05, 3.63) is 72.2 Å². The highest BCUT2D eigenvalue weighted by atomic mass is 16.3. The van der Waals surface area contributed by atoms with Gasteiger partial charge in [-0.2, -0.15) is 5.26 Å². The van der Waals surface area contributed by atoms with Gasteiger partial charge in [-0.05, 0) is 105 Å². The largest absolute Gasteiger partial charge is 0.386 e. The van der Waals surface area contributed by atoms with Gasteiger partial charge in [0.15, 0.2) is 0 Å². The van der Waals surface area contributed by atoms with Crippen LogP contribution in [0.4, 0.5) is 11.5 Å². The van der Waals surface area contributed by atoms with Gasteiger partial charge >= 0.3 is 0 Å². The Balaban J connectivity index is 1.16. The predicted octanol–water partition coefficient (Wildman–Crippen LogP) is 5.86. The van der Waals surface area contributed by atoms with E-state index in [-0.39, 0.29) is 0 Å². The number of nitriles is 1.